The molecular weight excluding hydrogens is 193 g/mol. The number of nitrogens with zero attached hydrogens (tertiary/aromatic N) is 3. The van der Waals surface area contributed by atoms with Crippen LogP contribution in [0.3, 0.4) is 0 Å². The number of aromatic nitrogens is 3. The van der Waals surface area contributed by atoms with Crippen LogP contribution in [0, 0.1) is 0 Å². The number of hydrogen-bond donors (Lipinski definition) is 0. The van der Waals surface area contributed by atoms with Gasteiger partial charge in [-0.1, -0.05) is 0 Å². The fourth-order valence-corrected chi connectivity index (χ4v) is 1.34. The summed E-state index contributed by atoms with van der Waals surface area (Å²) in [7, 11) is -0.453. The Hall–Kier alpha value is -1.01. The number of hydrogen-bond acceptors (Lipinski definition) is 5. The van der Waals surface area contributed by atoms with Gasteiger partial charge in [0.1, 0.15) is 0 Å². The van der Waals surface area contributed by atoms with Gasteiger partial charge < -0.3 is 9.31 Å². The highest BCUT2D eigenvalue weighted by molar-refractivity contribution is 6.61. The summed E-state index contributed by atoms with van der Waals surface area (Å²) >= 11 is 0. The van der Waals surface area contributed by atoms with E-state index >= 15 is 0 Å². The van der Waals surface area contributed by atoms with E-state index in [4.69, 9.17) is 9.31 Å². The maximum atomic E-state index is 5.80. The van der Waals surface area contributed by atoms with Gasteiger partial charge in [0.15, 0.2) is 0 Å². The smallest absolute Gasteiger partial charge is 0.398 e. The molecule has 2 heterocycles. The van der Waals surface area contributed by atoms with Gasteiger partial charge in [0.2, 0.25) is 0 Å². The first-order valence-electron chi connectivity index (χ1n) is 4.92. The van der Waals surface area contributed by atoms with Crippen molar-refractivity contribution in [3.63, 3.8) is 0 Å². The Labute approximate surface area is 89.3 Å². The van der Waals surface area contributed by atoms with Gasteiger partial charge in [-0.2, -0.15) is 0 Å². The average molecular weight is 207 g/mol. The van der Waals surface area contributed by atoms with Gasteiger partial charge in [-0.15, -0.1) is 10.2 Å². The first kappa shape index (κ1) is 10.5. The summed E-state index contributed by atoms with van der Waals surface area (Å²) in [6.45, 7) is 8.01. The molecule has 15 heavy (non-hydrogen) atoms. The SMILES string of the molecule is CC1(C)OB(c2ccnnn2)OC1(C)C. The van der Waals surface area contributed by atoms with E-state index in [1.807, 2.05) is 27.7 Å². The van der Waals surface area contributed by atoms with Crippen molar-refractivity contribution in [3.05, 3.63) is 12.3 Å². The molecule has 0 radical (unpaired) electrons. The standard InChI is InChI=1S/C9H14BN3O2/c1-8(2)9(3,4)15-10(14-8)7-5-6-11-13-12-7/h5-6H,1-4H3. The molecule has 0 aliphatic carbocycles. The predicted molar refractivity (Wildman–Crippen MR) is 55.5 cm³/mol. The van der Waals surface area contributed by atoms with E-state index in [0.29, 0.717) is 5.59 Å². The third-order valence-corrected chi connectivity index (χ3v) is 3.02. The van der Waals surface area contributed by atoms with Gasteiger partial charge in [-0.3, -0.25) is 0 Å². The summed E-state index contributed by atoms with van der Waals surface area (Å²) in [5.74, 6) is 0. The van der Waals surface area contributed by atoms with E-state index in [-0.39, 0.29) is 11.2 Å². The normalized spacial score (nSPS) is 23.1. The molecule has 1 aliphatic heterocycles. The summed E-state index contributed by atoms with van der Waals surface area (Å²) < 4.78 is 11.6. The lowest BCUT2D eigenvalue weighted by molar-refractivity contribution is 0.00578. The molecule has 0 spiro atoms. The largest absolute Gasteiger partial charge is 0.516 e. The molecule has 0 aromatic carbocycles. The van der Waals surface area contributed by atoms with Crippen LogP contribution < -0.4 is 5.59 Å². The molecule has 1 fully saturated rings. The van der Waals surface area contributed by atoms with Crippen molar-refractivity contribution >= 4 is 12.7 Å². The molecule has 1 aliphatic rings. The zero-order valence-electron chi connectivity index (χ0n) is 9.39. The third kappa shape index (κ3) is 1.75. The maximum Gasteiger partial charge on any atom is 0.516 e. The predicted octanol–water partition coefficient (Wildman–Crippen LogP) is 0.171. The van der Waals surface area contributed by atoms with Crippen LogP contribution in [-0.2, 0) is 9.31 Å². The van der Waals surface area contributed by atoms with Gasteiger partial charge in [0.05, 0.1) is 23.0 Å². The molecule has 5 nitrogen and oxygen atoms in total. The molecule has 0 saturated carbocycles. The molecule has 0 amide bonds. The summed E-state index contributed by atoms with van der Waals surface area (Å²) in [5, 5.41) is 11.1. The minimum Gasteiger partial charge on any atom is -0.398 e. The van der Waals surface area contributed by atoms with E-state index in [9.17, 15) is 0 Å². The first-order chi connectivity index (χ1) is 6.92. The van der Waals surface area contributed by atoms with Crippen molar-refractivity contribution in [2.75, 3.05) is 0 Å². The van der Waals surface area contributed by atoms with Gasteiger partial charge in [0, 0.05) is 0 Å². The topological polar surface area (TPSA) is 57.1 Å². The van der Waals surface area contributed by atoms with E-state index in [1.165, 1.54) is 0 Å². The lowest BCUT2D eigenvalue weighted by Crippen LogP contribution is -2.41. The van der Waals surface area contributed by atoms with Crippen LogP contribution in [0.2, 0.25) is 0 Å². The lowest BCUT2D eigenvalue weighted by atomic mass is 9.85. The Morgan fingerprint density at radius 2 is 1.73 bits per heavy atom. The van der Waals surface area contributed by atoms with Crippen LogP contribution in [0.5, 0.6) is 0 Å². The summed E-state index contributed by atoms with van der Waals surface area (Å²) in [6.07, 6.45) is 1.58. The molecule has 2 rings (SSSR count). The van der Waals surface area contributed by atoms with Crippen LogP contribution in [0.25, 0.3) is 0 Å². The van der Waals surface area contributed by atoms with Crippen molar-refractivity contribution in [1.29, 1.82) is 0 Å². The molecule has 6 heteroatoms. The highest BCUT2D eigenvalue weighted by atomic mass is 16.7. The zero-order chi connectivity index (χ0) is 11.1. The summed E-state index contributed by atoms with van der Waals surface area (Å²) in [5.41, 5.74) is -0.0331. The van der Waals surface area contributed by atoms with E-state index < -0.39 is 7.12 Å². The second kappa shape index (κ2) is 3.25. The molecule has 0 unspecified atom stereocenters. The second-order valence-electron chi connectivity index (χ2n) is 4.63. The summed E-state index contributed by atoms with van der Waals surface area (Å²) in [4.78, 5) is 0. The van der Waals surface area contributed by atoms with E-state index in [1.54, 1.807) is 12.3 Å². The minimum atomic E-state index is -0.453. The van der Waals surface area contributed by atoms with Crippen LogP contribution >= 0.6 is 0 Å². The molecule has 80 valence electrons. The molecule has 0 atom stereocenters. The van der Waals surface area contributed by atoms with Crippen LogP contribution in [0.1, 0.15) is 27.7 Å². The van der Waals surface area contributed by atoms with Gasteiger partial charge in [-0.25, -0.2) is 0 Å². The molecule has 1 saturated heterocycles. The third-order valence-electron chi connectivity index (χ3n) is 3.02. The highest BCUT2D eigenvalue weighted by Gasteiger charge is 2.52. The maximum absolute atomic E-state index is 5.80. The zero-order valence-corrected chi connectivity index (χ0v) is 9.39. The minimum absolute atomic E-state index is 0.345. The number of rotatable bonds is 1. The Morgan fingerprint density at radius 3 is 2.20 bits per heavy atom. The second-order valence-corrected chi connectivity index (χ2v) is 4.63. The van der Waals surface area contributed by atoms with Crippen molar-refractivity contribution in [2.45, 2.75) is 38.9 Å². The lowest BCUT2D eigenvalue weighted by Gasteiger charge is -2.32. The summed E-state index contributed by atoms with van der Waals surface area (Å²) in [6, 6.07) is 1.75. The Balaban J connectivity index is 2.24. The average Bonchev–Trinajstić information content (AvgIpc) is 2.38. The molecule has 1 aromatic rings. The Kier molecular flexibility index (Phi) is 2.28. The molecule has 0 bridgehead atoms. The fourth-order valence-electron chi connectivity index (χ4n) is 1.34. The van der Waals surface area contributed by atoms with Gasteiger partial charge in [0.25, 0.3) is 0 Å². The van der Waals surface area contributed by atoms with Gasteiger partial charge >= 0.3 is 7.12 Å². The van der Waals surface area contributed by atoms with E-state index in [2.05, 4.69) is 15.4 Å². The highest BCUT2D eigenvalue weighted by Crippen LogP contribution is 2.36. The monoisotopic (exact) mass is 207 g/mol. The Bertz CT molecular complexity index is 340. The van der Waals surface area contributed by atoms with Crippen molar-refractivity contribution in [1.82, 2.24) is 15.4 Å². The van der Waals surface area contributed by atoms with Crippen molar-refractivity contribution < 1.29 is 9.31 Å². The fraction of sp³-hybridized carbons (Fsp3) is 0.667. The van der Waals surface area contributed by atoms with Crippen LogP contribution in [0.15, 0.2) is 12.3 Å². The molecule has 1 aromatic heterocycles. The van der Waals surface area contributed by atoms with Crippen molar-refractivity contribution in [3.8, 4) is 0 Å². The molecule has 0 N–H and O–H groups in total. The first-order valence-corrected chi connectivity index (χ1v) is 4.92. The van der Waals surface area contributed by atoms with E-state index in [0.717, 1.165) is 0 Å². The quantitative estimate of drug-likeness (QED) is 0.614. The van der Waals surface area contributed by atoms with Gasteiger partial charge in [-0.05, 0) is 39.0 Å². The Morgan fingerprint density at radius 1 is 1.13 bits per heavy atom. The van der Waals surface area contributed by atoms with Crippen LogP contribution in [-0.4, -0.2) is 33.7 Å². The molecular formula is C9H14BN3O2. The van der Waals surface area contributed by atoms with Crippen molar-refractivity contribution in [2.24, 2.45) is 0 Å². The van der Waals surface area contributed by atoms with Crippen LogP contribution in [0.4, 0.5) is 0 Å².